The van der Waals surface area contributed by atoms with Crippen LogP contribution in [0, 0.1) is 5.82 Å². The first-order valence-electron chi connectivity index (χ1n) is 9.22. The van der Waals surface area contributed by atoms with E-state index in [0.29, 0.717) is 22.7 Å². The second kappa shape index (κ2) is 6.87. The van der Waals surface area contributed by atoms with Crippen molar-refractivity contribution in [3.05, 3.63) is 103 Å². The van der Waals surface area contributed by atoms with Crippen LogP contribution < -0.4 is 5.32 Å². The number of hydrogen-bond donors (Lipinski definition) is 1. The number of imidazole rings is 1. The summed E-state index contributed by atoms with van der Waals surface area (Å²) in [6, 6.07) is 25.2. The van der Waals surface area contributed by atoms with Crippen LogP contribution in [-0.2, 0) is 0 Å². The van der Waals surface area contributed by atoms with Gasteiger partial charge in [-0.1, -0.05) is 36.4 Å². The highest BCUT2D eigenvalue weighted by Gasteiger charge is 2.17. The SMILES string of the molecule is O=C(Nc1c(-c2ccc(F)cc2)nc2ccccn12)c1ccc2ccccc2c1. The maximum Gasteiger partial charge on any atom is 0.256 e. The van der Waals surface area contributed by atoms with Gasteiger partial charge in [0.05, 0.1) is 0 Å². The number of halogens is 1. The monoisotopic (exact) mass is 381 g/mol. The highest BCUT2D eigenvalue weighted by molar-refractivity contribution is 6.07. The summed E-state index contributed by atoms with van der Waals surface area (Å²) in [4.78, 5) is 17.7. The summed E-state index contributed by atoms with van der Waals surface area (Å²) in [6.45, 7) is 0. The molecule has 0 unspecified atom stereocenters. The number of nitrogens with zero attached hydrogens (tertiary/aromatic N) is 2. The number of hydrogen-bond acceptors (Lipinski definition) is 2. The third-order valence-corrected chi connectivity index (χ3v) is 4.89. The summed E-state index contributed by atoms with van der Waals surface area (Å²) in [5.41, 5.74) is 2.56. The highest BCUT2D eigenvalue weighted by Crippen LogP contribution is 2.29. The zero-order chi connectivity index (χ0) is 19.8. The van der Waals surface area contributed by atoms with E-state index in [1.165, 1.54) is 12.1 Å². The number of anilines is 1. The van der Waals surface area contributed by atoms with E-state index < -0.39 is 0 Å². The van der Waals surface area contributed by atoms with Crippen molar-refractivity contribution in [1.29, 1.82) is 0 Å². The Hall–Kier alpha value is -3.99. The van der Waals surface area contributed by atoms with Gasteiger partial charge in [0.15, 0.2) is 0 Å². The molecule has 2 aromatic heterocycles. The number of aromatic nitrogens is 2. The summed E-state index contributed by atoms with van der Waals surface area (Å²) in [5.74, 6) is -0.00519. The standard InChI is InChI=1S/C24H16FN3O/c25-20-12-10-17(11-13-20)22-23(28-14-4-3-7-21(28)26-22)27-24(29)19-9-8-16-5-1-2-6-18(16)15-19/h1-15H,(H,27,29). The van der Waals surface area contributed by atoms with Gasteiger partial charge in [-0.15, -0.1) is 0 Å². The third-order valence-electron chi connectivity index (χ3n) is 4.89. The number of benzene rings is 3. The molecule has 0 spiro atoms. The van der Waals surface area contributed by atoms with Crippen molar-refractivity contribution in [1.82, 2.24) is 9.38 Å². The van der Waals surface area contributed by atoms with Crippen LogP contribution in [0.2, 0.25) is 0 Å². The fourth-order valence-corrected chi connectivity index (χ4v) is 3.43. The van der Waals surface area contributed by atoms with Gasteiger partial charge in [-0.05, 0) is 59.3 Å². The molecule has 0 aliphatic carbocycles. The Morgan fingerprint density at radius 2 is 1.62 bits per heavy atom. The molecule has 5 aromatic rings. The molecule has 4 nitrogen and oxygen atoms in total. The van der Waals surface area contributed by atoms with Gasteiger partial charge >= 0.3 is 0 Å². The van der Waals surface area contributed by atoms with E-state index >= 15 is 0 Å². The predicted molar refractivity (Wildman–Crippen MR) is 112 cm³/mol. The molecule has 0 atom stereocenters. The van der Waals surface area contributed by atoms with Gasteiger partial charge in [0.2, 0.25) is 0 Å². The second-order valence-corrected chi connectivity index (χ2v) is 6.76. The van der Waals surface area contributed by atoms with E-state index in [-0.39, 0.29) is 11.7 Å². The minimum absolute atomic E-state index is 0.232. The zero-order valence-corrected chi connectivity index (χ0v) is 15.3. The number of carbonyl (C=O) groups excluding carboxylic acids is 1. The Morgan fingerprint density at radius 1 is 0.862 bits per heavy atom. The van der Waals surface area contributed by atoms with Crippen molar-refractivity contribution >= 4 is 28.1 Å². The summed E-state index contributed by atoms with van der Waals surface area (Å²) in [6.07, 6.45) is 1.84. The molecule has 0 aliphatic rings. The molecule has 0 radical (unpaired) electrons. The van der Waals surface area contributed by atoms with Crippen molar-refractivity contribution in [3.63, 3.8) is 0 Å². The van der Waals surface area contributed by atoms with Crippen LogP contribution in [-0.4, -0.2) is 15.3 Å². The highest BCUT2D eigenvalue weighted by atomic mass is 19.1. The summed E-state index contributed by atoms with van der Waals surface area (Å²) >= 11 is 0. The molecule has 140 valence electrons. The van der Waals surface area contributed by atoms with E-state index in [1.807, 2.05) is 65.2 Å². The summed E-state index contributed by atoms with van der Waals surface area (Å²) in [5, 5.41) is 5.07. The number of amides is 1. The molecule has 3 aromatic carbocycles. The van der Waals surface area contributed by atoms with Gasteiger partial charge in [-0.2, -0.15) is 0 Å². The van der Waals surface area contributed by atoms with Crippen molar-refractivity contribution in [2.24, 2.45) is 0 Å². The van der Waals surface area contributed by atoms with Crippen LogP contribution in [0.1, 0.15) is 10.4 Å². The quantitative estimate of drug-likeness (QED) is 0.446. The lowest BCUT2D eigenvalue weighted by Crippen LogP contribution is -2.14. The van der Waals surface area contributed by atoms with E-state index in [0.717, 1.165) is 16.3 Å². The first kappa shape index (κ1) is 17.1. The molecule has 0 saturated heterocycles. The minimum Gasteiger partial charge on any atom is -0.306 e. The lowest BCUT2D eigenvalue weighted by molar-refractivity contribution is 0.102. The Kier molecular flexibility index (Phi) is 4.06. The molecule has 1 N–H and O–H groups in total. The molecular weight excluding hydrogens is 365 g/mol. The smallest absolute Gasteiger partial charge is 0.256 e. The fourth-order valence-electron chi connectivity index (χ4n) is 3.43. The fraction of sp³-hybridized carbons (Fsp3) is 0. The minimum atomic E-state index is -0.320. The lowest BCUT2D eigenvalue weighted by atomic mass is 10.1. The average molecular weight is 381 g/mol. The molecule has 1 amide bonds. The predicted octanol–water partition coefficient (Wildman–Crippen LogP) is 5.55. The number of pyridine rings is 1. The van der Waals surface area contributed by atoms with Crippen LogP contribution in [0.3, 0.4) is 0 Å². The molecule has 29 heavy (non-hydrogen) atoms. The van der Waals surface area contributed by atoms with E-state index in [2.05, 4.69) is 10.3 Å². The van der Waals surface area contributed by atoms with Crippen molar-refractivity contribution < 1.29 is 9.18 Å². The molecule has 0 fully saturated rings. The number of rotatable bonds is 3. The molecule has 0 aliphatic heterocycles. The molecule has 2 heterocycles. The maximum atomic E-state index is 13.4. The van der Waals surface area contributed by atoms with E-state index in [1.54, 1.807) is 18.2 Å². The van der Waals surface area contributed by atoms with Crippen molar-refractivity contribution in [3.8, 4) is 11.3 Å². The van der Waals surface area contributed by atoms with E-state index in [9.17, 15) is 9.18 Å². The topological polar surface area (TPSA) is 46.4 Å². The van der Waals surface area contributed by atoms with Crippen molar-refractivity contribution in [2.45, 2.75) is 0 Å². The second-order valence-electron chi connectivity index (χ2n) is 6.76. The third kappa shape index (κ3) is 3.12. The molecule has 0 saturated carbocycles. The number of nitrogens with one attached hydrogen (secondary N) is 1. The van der Waals surface area contributed by atoms with Gasteiger partial charge in [0, 0.05) is 17.3 Å². The largest absolute Gasteiger partial charge is 0.306 e. The molecular formula is C24H16FN3O. The van der Waals surface area contributed by atoms with Gasteiger partial charge in [0.25, 0.3) is 5.91 Å². The summed E-state index contributed by atoms with van der Waals surface area (Å²) < 4.78 is 15.2. The van der Waals surface area contributed by atoms with Crippen molar-refractivity contribution in [2.75, 3.05) is 5.32 Å². The molecule has 0 bridgehead atoms. The van der Waals surface area contributed by atoms with Crippen LogP contribution in [0.5, 0.6) is 0 Å². The Labute approximate surface area is 166 Å². The number of fused-ring (bicyclic) bond motifs is 2. The Morgan fingerprint density at radius 3 is 2.45 bits per heavy atom. The average Bonchev–Trinajstić information content (AvgIpc) is 3.12. The van der Waals surface area contributed by atoms with Gasteiger partial charge in [-0.3, -0.25) is 9.20 Å². The maximum absolute atomic E-state index is 13.4. The lowest BCUT2D eigenvalue weighted by Gasteiger charge is -2.09. The van der Waals surface area contributed by atoms with Gasteiger partial charge < -0.3 is 5.32 Å². The van der Waals surface area contributed by atoms with Gasteiger partial charge in [-0.25, -0.2) is 9.37 Å². The number of carbonyl (C=O) groups is 1. The molecule has 5 rings (SSSR count). The Balaban J connectivity index is 1.59. The molecule has 5 heteroatoms. The van der Waals surface area contributed by atoms with Crippen LogP contribution in [0.4, 0.5) is 10.2 Å². The summed E-state index contributed by atoms with van der Waals surface area (Å²) in [7, 11) is 0. The zero-order valence-electron chi connectivity index (χ0n) is 15.3. The van der Waals surface area contributed by atoms with E-state index in [4.69, 9.17) is 0 Å². The van der Waals surface area contributed by atoms with Crippen LogP contribution in [0.15, 0.2) is 91.1 Å². The van der Waals surface area contributed by atoms with Crippen LogP contribution >= 0.6 is 0 Å². The normalized spacial score (nSPS) is 11.1. The van der Waals surface area contributed by atoms with Gasteiger partial charge in [0.1, 0.15) is 23.0 Å². The first-order chi connectivity index (χ1) is 14.2. The van der Waals surface area contributed by atoms with Crippen LogP contribution in [0.25, 0.3) is 27.7 Å². The first-order valence-corrected chi connectivity index (χ1v) is 9.22. The Bertz CT molecular complexity index is 1360.